The third kappa shape index (κ3) is 3.06. The molecule has 0 aliphatic rings. The summed E-state index contributed by atoms with van der Waals surface area (Å²) in [4.78, 5) is 19.1. The van der Waals surface area contributed by atoms with E-state index in [2.05, 4.69) is 31.2 Å². The molecule has 1 N–H and O–H groups in total. The quantitative estimate of drug-likeness (QED) is 0.841. The van der Waals surface area contributed by atoms with Crippen LogP contribution in [0.4, 0.5) is 5.82 Å². The Hall–Kier alpha value is -0.970. The first-order valence-corrected chi connectivity index (χ1v) is 5.23. The molecule has 1 aromatic heterocycles. The highest BCUT2D eigenvalue weighted by atomic mass is 79.9. The molecule has 0 aromatic carbocycles. The van der Waals surface area contributed by atoms with Gasteiger partial charge in [-0.3, -0.25) is 9.78 Å². The number of nitrogens with one attached hydrogen (secondary N) is 1. The first-order valence-electron chi connectivity index (χ1n) is 4.32. The number of carbonyl (C=O) groups is 1. The fraction of sp³-hybridized carbons (Fsp3) is 0.444. The van der Waals surface area contributed by atoms with Crippen molar-refractivity contribution in [3.63, 3.8) is 0 Å². The highest BCUT2D eigenvalue weighted by Gasteiger charge is 2.18. The first kappa shape index (κ1) is 11.1. The van der Waals surface area contributed by atoms with Gasteiger partial charge < -0.3 is 5.32 Å². The number of anilines is 1. The van der Waals surface area contributed by atoms with Crippen molar-refractivity contribution < 1.29 is 4.79 Å². The predicted octanol–water partition coefficient (Wildman–Crippen LogP) is 1.83. The van der Waals surface area contributed by atoms with Crippen molar-refractivity contribution in [2.24, 2.45) is 5.92 Å². The van der Waals surface area contributed by atoms with Crippen LogP contribution in [-0.4, -0.2) is 20.7 Å². The van der Waals surface area contributed by atoms with Crippen LogP contribution in [0.5, 0.6) is 0 Å². The summed E-state index contributed by atoms with van der Waals surface area (Å²) in [6, 6.07) is 0. The molecule has 1 aromatic rings. The second-order valence-corrected chi connectivity index (χ2v) is 4.21. The average Bonchev–Trinajstić information content (AvgIpc) is 2.18. The molecule has 76 valence electrons. The number of nitrogens with zero attached hydrogens (tertiary/aromatic N) is 2. The van der Waals surface area contributed by atoms with Crippen molar-refractivity contribution >= 4 is 27.7 Å². The molecule has 0 bridgehead atoms. The third-order valence-corrected chi connectivity index (χ3v) is 3.12. The number of carbonyl (C=O) groups excluding carboxylic acids is 1. The van der Waals surface area contributed by atoms with Crippen LogP contribution < -0.4 is 5.32 Å². The van der Waals surface area contributed by atoms with Gasteiger partial charge in [-0.25, -0.2) is 4.98 Å². The lowest BCUT2D eigenvalue weighted by Gasteiger charge is -2.12. The van der Waals surface area contributed by atoms with Gasteiger partial charge in [0.15, 0.2) is 5.82 Å². The summed E-state index contributed by atoms with van der Waals surface area (Å²) in [6.45, 7) is 3.94. The molecule has 0 radical (unpaired) electrons. The maximum Gasteiger partial charge on any atom is 0.239 e. The maximum absolute atomic E-state index is 11.5. The second kappa shape index (κ2) is 5.05. The van der Waals surface area contributed by atoms with Crippen LogP contribution in [-0.2, 0) is 4.79 Å². The van der Waals surface area contributed by atoms with Crippen molar-refractivity contribution in [2.45, 2.75) is 18.7 Å². The van der Waals surface area contributed by atoms with E-state index >= 15 is 0 Å². The molecular weight excluding hydrogens is 246 g/mol. The smallest absolute Gasteiger partial charge is 0.239 e. The highest BCUT2D eigenvalue weighted by Crippen LogP contribution is 2.13. The number of aromatic nitrogens is 2. The van der Waals surface area contributed by atoms with Crippen LogP contribution in [0.2, 0.25) is 0 Å². The lowest BCUT2D eigenvalue weighted by atomic mass is 10.1. The zero-order valence-electron chi connectivity index (χ0n) is 8.07. The normalized spacial score (nSPS) is 12.6. The fourth-order valence-corrected chi connectivity index (χ4v) is 0.976. The summed E-state index contributed by atoms with van der Waals surface area (Å²) in [5, 5.41) is 2.66. The molecule has 5 heteroatoms. The molecule has 1 rings (SSSR count). The minimum Gasteiger partial charge on any atom is -0.308 e. The molecule has 0 aliphatic carbocycles. The Morgan fingerprint density at radius 3 is 2.71 bits per heavy atom. The summed E-state index contributed by atoms with van der Waals surface area (Å²) in [6.07, 6.45) is 4.61. The fourth-order valence-electron chi connectivity index (χ4n) is 0.862. The van der Waals surface area contributed by atoms with E-state index < -0.39 is 0 Å². The predicted molar refractivity (Wildman–Crippen MR) is 58.2 cm³/mol. The van der Waals surface area contributed by atoms with Gasteiger partial charge in [-0.15, -0.1) is 0 Å². The Morgan fingerprint density at radius 2 is 2.21 bits per heavy atom. The molecule has 1 atom stereocenters. The van der Waals surface area contributed by atoms with E-state index in [4.69, 9.17) is 0 Å². The Kier molecular flexibility index (Phi) is 4.00. The molecule has 0 saturated carbocycles. The summed E-state index contributed by atoms with van der Waals surface area (Å²) in [5.74, 6) is 0.620. The molecule has 0 saturated heterocycles. The van der Waals surface area contributed by atoms with E-state index in [0.717, 1.165) is 0 Å². The van der Waals surface area contributed by atoms with Gasteiger partial charge >= 0.3 is 0 Å². The number of hydrogen-bond acceptors (Lipinski definition) is 3. The molecule has 1 amide bonds. The number of rotatable bonds is 3. The SMILES string of the molecule is CC(C)C(Br)C(=O)Nc1cnccn1. The molecule has 1 heterocycles. The van der Waals surface area contributed by atoms with Crippen molar-refractivity contribution in [1.82, 2.24) is 9.97 Å². The molecular formula is C9H12BrN3O. The molecule has 14 heavy (non-hydrogen) atoms. The van der Waals surface area contributed by atoms with Gasteiger partial charge in [-0.2, -0.15) is 0 Å². The number of alkyl halides is 1. The molecule has 0 spiro atoms. The third-order valence-electron chi connectivity index (χ3n) is 1.65. The van der Waals surface area contributed by atoms with Crippen LogP contribution in [0.25, 0.3) is 0 Å². The van der Waals surface area contributed by atoms with Crippen molar-refractivity contribution in [3.8, 4) is 0 Å². The van der Waals surface area contributed by atoms with Gasteiger partial charge in [0, 0.05) is 12.4 Å². The van der Waals surface area contributed by atoms with Crippen LogP contribution in [0.1, 0.15) is 13.8 Å². The molecule has 4 nitrogen and oxygen atoms in total. The maximum atomic E-state index is 11.5. The zero-order chi connectivity index (χ0) is 10.6. The van der Waals surface area contributed by atoms with Gasteiger partial charge in [0.25, 0.3) is 0 Å². The highest BCUT2D eigenvalue weighted by molar-refractivity contribution is 9.10. The number of amides is 1. The van der Waals surface area contributed by atoms with Gasteiger partial charge in [-0.1, -0.05) is 29.8 Å². The van der Waals surface area contributed by atoms with Crippen LogP contribution >= 0.6 is 15.9 Å². The summed E-state index contributed by atoms with van der Waals surface area (Å²) in [5.41, 5.74) is 0. The van der Waals surface area contributed by atoms with E-state index in [-0.39, 0.29) is 16.7 Å². The summed E-state index contributed by atoms with van der Waals surface area (Å²) in [7, 11) is 0. The Balaban J connectivity index is 2.58. The van der Waals surface area contributed by atoms with E-state index in [0.29, 0.717) is 5.82 Å². The lowest BCUT2D eigenvalue weighted by Crippen LogP contribution is -2.27. The topological polar surface area (TPSA) is 54.9 Å². The van der Waals surface area contributed by atoms with Crippen LogP contribution in [0, 0.1) is 5.92 Å². The van der Waals surface area contributed by atoms with E-state index in [1.807, 2.05) is 13.8 Å². The van der Waals surface area contributed by atoms with Crippen LogP contribution in [0.3, 0.4) is 0 Å². The zero-order valence-corrected chi connectivity index (χ0v) is 9.65. The summed E-state index contributed by atoms with van der Waals surface area (Å²) >= 11 is 3.30. The molecule has 1 unspecified atom stereocenters. The first-order chi connectivity index (χ1) is 6.61. The second-order valence-electron chi connectivity index (χ2n) is 3.23. The molecule has 0 aliphatic heterocycles. The van der Waals surface area contributed by atoms with Crippen molar-refractivity contribution in [1.29, 1.82) is 0 Å². The van der Waals surface area contributed by atoms with Crippen molar-refractivity contribution in [3.05, 3.63) is 18.6 Å². The Bertz CT molecular complexity index is 302. The standard InChI is InChI=1S/C9H12BrN3O/c1-6(2)8(10)9(14)13-7-5-11-3-4-12-7/h3-6,8H,1-2H3,(H,12,13,14). The van der Waals surface area contributed by atoms with Gasteiger partial charge in [-0.05, 0) is 5.92 Å². The summed E-state index contributed by atoms with van der Waals surface area (Å²) < 4.78 is 0. The number of halogens is 1. The lowest BCUT2D eigenvalue weighted by molar-refractivity contribution is -0.116. The molecule has 0 fully saturated rings. The monoisotopic (exact) mass is 257 g/mol. The van der Waals surface area contributed by atoms with Gasteiger partial charge in [0.1, 0.15) is 0 Å². The van der Waals surface area contributed by atoms with Gasteiger partial charge in [0.2, 0.25) is 5.91 Å². The van der Waals surface area contributed by atoms with E-state index in [9.17, 15) is 4.79 Å². The van der Waals surface area contributed by atoms with Crippen LogP contribution in [0.15, 0.2) is 18.6 Å². The van der Waals surface area contributed by atoms with E-state index in [1.165, 1.54) is 12.4 Å². The average molecular weight is 258 g/mol. The Morgan fingerprint density at radius 1 is 1.50 bits per heavy atom. The number of hydrogen-bond donors (Lipinski definition) is 1. The largest absolute Gasteiger partial charge is 0.308 e. The Labute approximate surface area is 91.3 Å². The van der Waals surface area contributed by atoms with Crippen molar-refractivity contribution in [2.75, 3.05) is 5.32 Å². The minimum atomic E-state index is -0.204. The van der Waals surface area contributed by atoms with Gasteiger partial charge in [0.05, 0.1) is 11.0 Å². The minimum absolute atomic E-state index is 0.0968. The van der Waals surface area contributed by atoms with E-state index in [1.54, 1.807) is 6.20 Å².